The van der Waals surface area contributed by atoms with Crippen molar-refractivity contribution < 1.29 is 13.9 Å². The predicted octanol–water partition coefficient (Wildman–Crippen LogP) is 4.30. The summed E-state index contributed by atoms with van der Waals surface area (Å²) < 4.78 is 19.0. The number of hydrogen-bond donors (Lipinski definition) is 3. The lowest BCUT2D eigenvalue weighted by Crippen LogP contribution is -2.57. The summed E-state index contributed by atoms with van der Waals surface area (Å²) in [4.78, 5) is 23.1. The second-order valence-corrected chi connectivity index (χ2v) is 11.1. The lowest BCUT2D eigenvalue weighted by molar-refractivity contribution is -0.132. The Labute approximate surface area is 200 Å². The van der Waals surface area contributed by atoms with Gasteiger partial charge in [-0.1, -0.05) is 0 Å². The zero-order chi connectivity index (χ0) is 24.9. The standard InChI is InChI=1S/C25H35FN6O2/c1-23(2)12-15(13-24(3,4)31-23)17-14-28-22(30-20(17)27)29-16-7-8-18-19(11-16)34-25(5,6)21(33)32(18)10-9-26/h7-8,11,14-15,31H,9-10,12-13H2,1-6H3,(H3,27,28,29,30). The molecule has 0 radical (unpaired) electrons. The van der Waals surface area contributed by atoms with Crippen molar-refractivity contribution in [2.24, 2.45) is 0 Å². The van der Waals surface area contributed by atoms with Gasteiger partial charge < -0.3 is 26.0 Å². The van der Waals surface area contributed by atoms with Crippen molar-refractivity contribution >= 4 is 29.0 Å². The summed E-state index contributed by atoms with van der Waals surface area (Å²) in [6.45, 7) is 11.5. The molecule has 0 bridgehead atoms. The molecule has 4 rings (SSSR count). The van der Waals surface area contributed by atoms with Crippen LogP contribution in [0.25, 0.3) is 0 Å². The summed E-state index contributed by atoms with van der Waals surface area (Å²) >= 11 is 0. The molecule has 4 N–H and O–H groups in total. The fourth-order valence-electron chi connectivity index (χ4n) is 5.41. The van der Waals surface area contributed by atoms with Gasteiger partial charge in [0.15, 0.2) is 5.60 Å². The van der Waals surface area contributed by atoms with E-state index in [9.17, 15) is 9.18 Å². The number of carbonyl (C=O) groups excluding carboxylic acids is 1. The molecule has 0 spiro atoms. The minimum atomic E-state index is -1.08. The number of nitrogens with zero attached hydrogens (tertiary/aromatic N) is 3. The van der Waals surface area contributed by atoms with Crippen molar-refractivity contribution in [1.82, 2.24) is 15.3 Å². The van der Waals surface area contributed by atoms with Crippen LogP contribution in [0, 0.1) is 0 Å². The van der Waals surface area contributed by atoms with E-state index in [0.717, 1.165) is 18.4 Å². The summed E-state index contributed by atoms with van der Waals surface area (Å²) in [5, 5.41) is 6.86. The molecule has 9 heteroatoms. The molecule has 0 saturated carbocycles. The van der Waals surface area contributed by atoms with Crippen LogP contribution in [0.4, 0.5) is 27.5 Å². The molecule has 1 saturated heterocycles. The topological polar surface area (TPSA) is 105 Å². The van der Waals surface area contributed by atoms with Gasteiger partial charge in [0.2, 0.25) is 5.95 Å². The number of fused-ring (bicyclic) bond motifs is 1. The van der Waals surface area contributed by atoms with Crippen molar-refractivity contribution in [3.05, 3.63) is 30.0 Å². The minimum absolute atomic E-state index is 0.00982. The van der Waals surface area contributed by atoms with E-state index in [1.165, 1.54) is 4.90 Å². The summed E-state index contributed by atoms with van der Waals surface area (Å²) in [5.41, 5.74) is 7.46. The molecule has 1 fully saturated rings. The number of benzene rings is 1. The summed E-state index contributed by atoms with van der Waals surface area (Å²) in [6.07, 6.45) is 3.71. The number of rotatable bonds is 5. The summed E-state index contributed by atoms with van der Waals surface area (Å²) in [7, 11) is 0. The fraction of sp³-hybridized carbons (Fsp3) is 0.560. The van der Waals surface area contributed by atoms with Gasteiger partial charge in [0.25, 0.3) is 5.91 Å². The highest BCUT2D eigenvalue weighted by molar-refractivity contribution is 6.02. The average Bonchev–Trinajstić information content (AvgIpc) is 2.69. The average molecular weight is 471 g/mol. The van der Waals surface area contributed by atoms with E-state index in [2.05, 4.69) is 48.3 Å². The van der Waals surface area contributed by atoms with Crippen LogP contribution in [-0.4, -0.2) is 45.8 Å². The quantitative estimate of drug-likeness (QED) is 0.598. The number of piperidine rings is 1. The van der Waals surface area contributed by atoms with Gasteiger partial charge in [0, 0.05) is 34.6 Å². The van der Waals surface area contributed by atoms with Crippen LogP contribution in [0.2, 0.25) is 0 Å². The highest BCUT2D eigenvalue weighted by Gasteiger charge is 2.41. The molecule has 2 aromatic rings. The number of hydrogen-bond acceptors (Lipinski definition) is 7. The lowest BCUT2D eigenvalue weighted by atomic mass is 9.73. The zero-order valence-electron chi connectivity index (χ0n) is 20.8. The van der Waals surface area contributed by atoms with Crippen LogP contribution in [-0.2, 0) is 4.79 Å². The molecular weight excluding hydrogens is 435 g/mol. The molecule has 3 heterocycles. The number of aromatic nitrogens is 2. The van der Waals surface area contributed by atoms with Gasteiger partial charge in [0.1, 0.15) is 18.2 Å². The number of alkyl halides is 1. The molecule has 2 aliphatic heterocycles. The molecule has 34 heavy (non-hydrogen) atoms. The normalized spacial score (nSPS) is 21.0. The Hall–Kier alpha value is -2.94. The molecule has 8 nitrogen and oxygen atoms in total. The van der Waals surface area contributed by atoms with Crippen LogP contribution < -0.4 is 26.0 Å². The van der Waals surface area contributed by atoms with E-state index < -0.39 is 12.3 Å². The predicted molar refractivity (Wildman–Crippen MR) is 132 cm³/mol. The van der Waals surface area contributed by atoms with Gasteiger partial charge in [-0.05, 0) is 72.4 Å². The van der Waals surface area contributed by atoms with E-state index in [4.69, 9.17) is 10.5 Å². The number of anilines is 4. The Morgan fingerprint density at radius 3 is 2.50 bits per heavy atom. The van der Waals surface area contributed by atoms with E-state index in [0.29, 0.717) is 28.9 Å². The Morgan fingerprint density at radius 1 is 1.21 bits per heavy atom. The van der Waals surface area contributed by atoms with Gasteiger partial charge in [-0.3, -0.25) is 4.79 Å². The highest BCUT2D eigenvalue weighted by Crippen LogP contribution is 2.42. The monoisotopic (exact) mass is 470 g/mol. The van der Waals surface area contributed by atoms with Crippen LogP contribution in [0.15, 0.2) is 24.4 Å². The molecule has 1 aromatic heterocycles. The Kier molecular flexibility index (Phi) is 5.96. The minimum Gasteiger partial charge on any atom is -0.476 e. The molecule has 2 aliphatic rings. The van der Waals surface area contributed by atoms with Crippen molar-refractivity contribution in [3.63, 3.8) is 0 Å². The maximum Gasteiger partial charge on any atom is 0.270 e. The van der Waals surface area contributed by atoms with Gasteiger partial charge in [-0.15, -0.1) is 0 Å². The third-order valence-corrected chi connectivity index (χ3v) is 6.42. The third kappa shape index (κ3) is 4.80. The molecule has 184 valence electrons. The van der Waals surface area contributed by atoms with Crippen molar-refractivity contribution in [3.8, 4) is 5.75 Å². The van der Waals surface area contributed by atoms with Crippen LogP contribution in [0.3, 0.4) is 0 Å². The molecule has 0 aliphatic carbocycles. The number of nitrogens with one attached hydrogen (secondary N) is 2. The number of halogens is 1. The first kappa shape index (κ1) is 24.2. The third-order valence-electron chi connectivity index (χ3n) is 6.42. The first-order chi connectivity index (χ1) is 15.8. The van der Waals surface area contributed by atoms with Crippen molar-refractivity contribution in [2.75, 3.05) is 29.2 Å². The zero-order valence-corrected chi connectivity index (χ0v) is 20.8. The van der Waals surface area contributed by atoms with E-state index in [-0.39, 0.29) is 29.4 Å². The molecule has 1 aromatic carbocycles. The number of nitrogen functional groups attached to an aromatic ring is 1. The van der Waals surface area contributed by atoms with Gasteiger partial charge >= 0.3 is 0 Å². The highest BCUT2D eigenvalue weighted by atomic mass is 19.1. The van der Waals surface area contributed by atoms with E-state index >= 15 is 0 Å². The molecule has 1 amide bonds. The maximum absolute atomic E-state index is 13.1. The number of carbonyl (C=O) groups is 1. The smallest absolute Gasteiger partial charge is 0.270 e. The van der Waals surface area contributed by atoms with Crippen molar-refractivity contribution in [1.29, 1.82) is 0 Å². The maximum atomic E-state index is 13.1. The fourth-order valence-corrected chi connectivity index (χ4v) is 5.41. The number of ether oxygens (including phenoxy) is 1. The second kappa shape index (κ2) is 8.37. The Bertz CT molecular complexity index is 1080. The Morgan fingerprint density at radius 2 is 1.88 bits per heavy atom. The first-order valence-electron chi connectivity index (χ1n) is 11.7. The van der Waals surface area contributed by atoms with Gasteiger partial charge in [0.05, 0.1) is 12.2 Å². The van der Waals surface area contributed by atoms with E-state index in [1.807, 2.05) is 6.20 Å². The largest absolute Gasteiger partial charge is 0.476 e. The first-order valence-corrected chi connectivity index (χ1v) is 11.7. The second-order valence-electron chi connectivity index (χ2n) is 11.1. The summed E-state index contributed by atoms with van der Waals surface area (Å²) in [5.74, 6) is 1.33. The SMILES string of the molecule is CC1(C)CC(c2cnc(Nc3ccc4c(c3)OC(C)(C)C(=O)N4CCF)nc2N)CC(C)(C)N1. The lowest BCUT2D eigenvalue weighted by Gasteiger charge is -2.46. The van der Waals surface area contributed by atoms with Gasteiger partial charge in [-0.25, -0.2) is 9.37 Å². The molecule has 0 atom stereocenters. The van der Waals surface area contributed by atoms with Gasteiger partial charge in [-0.2, -0.15) is 4.98 Å². The summed E-state index contributed by atoms with van der Waals surface area (Å²) in [6, 6.07) is 5.28. The number of amides is 1. The Balaban J connectivity index is 1.56. The van der Waals surface area contributed by atoms with Crippen LogP contribution in [0.5, 0.6) is 5.75 Å². The van der Waals surface area contributed by atoms with E-state index in [1.54, 1.807) is 32.0 Å². The van der Waals surface area contributed by atoms with Crippen LogP contribution >= 0.6 is 0 Å². The van der Waals surface area contributed by atoms with Crippen molar-refractivity contribution in [2.45, 2.75) is 77.0 Å². The van der Waals surface area contributed by atoms with Crippen LogP contribution in [0.1, 0.15) is 65.9 Å². The number of nitrogens with two attached hydrogens (primary N) is 1. The molecular formula is C25H35FN6O2. The molecule has 0 unspecified atom stereocenters.